The average molecular weight is 246 g/mol. The summed E-state index contributed by atoms with van der Waals surface area (Å²) in [5.74, 6) is 2.57. The van der Waals surface area contributed by atoms with Crippen LogP contribution in [0.1, 0.15) is 32.3 Å². The van der Waals surface area contributed by atoms with Gasteiger partial charge in [0.15, 0.2) is 0 Å². The molecule has 1 aromatic heterocycles. The van der Waals surface area contributed by atoms with Crippen LogP contribution in [0.2, 0.25) is 0 Å². The van der Waals surface area contributed by atoms with E-state index in [0.29, 0.717) is 5.92 Å². The van der Waals surface area contributed by atoms with Gasteiger partial charge in [-0.2, -0.15) is 0 Å². The lowest BCUT2D eigenvalue weighted by atomic mass is 10.0. The second kappa shape index (κ2) is 5.42. The SMILES string of the molecule is C=C1CCc2cc(OCCC(C)C)cnc2N1C. The van der Waals surface area contributed by atoms with Gasteiger partial charge in [-0.1, -0.05) is 20.4 Å². The molecular formula is C15H22N2O. The molecule has 0 atom stereocenters. The van der Waals surface area contributed by atoms with E-state index in [1.54, 1.807) is 0 Å². The maximum Gasteiger partial charge on any atom is 0.138 e. The molecule has 1 aliphatic rings. The molecule has 2 heterocycles. The average Bonchev–Trinajstić information content (AvgIpc) is 2.33. The summed E-state index contributed by atoms with van der Waals surface area (Å²) in [5.41, 5.74) is 2.38. The van der Waals surface area contributed by atoms with Crippen LogP contribution < -0.4 is 9.64 Å². The van der Waals surface area contributed by atoms with E-state index < -0.39 is 0 Å². The summed E-state index contributed by atoms with van der Waals surface area (Å²) in [6, 6.07) is 2.12. The number of hydrogen-bond donors (Lipinski definition) is 0. The second-order valence-electron chi connectivity index (χ2n) is 5.31. The fourth-order valence-electron chi connectivity index (χ4n) is 2.06. The van der Waals surface area contributed by atoms with Gasteiger partial charge in [-0.3, -0.25) is 0 Å². The van der Waals surface area contributed by atoms with Crippen LogP contribution in [0.25, 0.3) is 0 Å². The first-order chi connectivity index (χ1) is 8.58. The molecule has 18 heavy (non-hydrogen) atoms. The molecule has 0 saturated heterocycles. The van der Waals surface area contributed by atoms with Gasteiger partial charge in [-0.15, -0.1) is 0 Å². The van der Waals surface area contributed by atoms with E-state index in [9.17, 15) is 0 Å². The fourth-order valence-corrected chi connectivity index (χ4v) is 2.06. The number of rotatable bonds is 4. The van der Waals surface area contributed by atoms with E-state index in [1.165, 1.54) is 5.56 Å². The first-order valence-corrected chi connectivity index (χ1v) is 6.61. The van der Waals surface area contributed by atoms with Crippen LogP contribution in [-0.4, -0.2) is 18.6 Å². The predicted molar refractivity (Wildman–Crippen MR) is 75.1 cm³/mol. The third-order valence-corrected chi connectivity index (χ3v) is 3.36. The number of aromatic nitrogens is 1. The highest BCUT2D eigenvalue weighted by Crippen LogP contribution is 2.30. The molecule has 0 aliphatic carbocycles. The molecule has 0 saturated carbocycles. The summed E-state index contributed by atoms with van der Waals surface area (Å²) in [6.07, 6.45) is 4.90. The number of aryl methyl sites for hydroxylation is 1. The highest BCUT2D eigenvalue weighted by Gasteiger charge is 2.18. The van der Waals surface area contributed by atoms with Crippen molar-refractivity contribution >= 4 is 5.82 Å². The molecule has 0 N–H and O–H groups in total. The summed E-state index contributed by atoms with van der Waals surface area (Å²) in [5, 5.41) is 0. The number of pyridine rings is 1. The molecule has 0 unspecified atom stereocenters. The molecule has 0 bridgehead atoms. The zero-order valence-electron chi connectivity index (χ0n) is 11.6. The lowest BCUT2D eigenvalue weighted by Crippen LogP contribution is -2.23. The lowest BCUT2D eigenvalue weighted by molar-refractivity contribution is 0.288. The first kappa shape index (κ1) is 12.9. The number of allylic oxidation sites excluding steroid dienone is 1. The van der Waals surface area contributed by atoms with E-state index in [0.717, 1.165) is 43.1 Å². The third-order valence-electron chi connectivity index (χ3n) is 3.36. The van der Waals surface area contributed by atoms with Gasteiger partial charge in [-0.25, -0.2) is 4.98 Å². The first-order valence-electron chi connectivity index (χ1n) is 6.61. The van der Waals surface area contributed by atoms with Gasteiger partial charge in [0, 0.05) is 12.7 Å². The van der Waals surface area contributed by atoms with Crippen molar-refractivity contribution < 1.29 is 4.74 Å². The van der Waals surface area contributed by atoms with Crippen molar-refractivity contribution in [1.29, 1.82) is 0 Å². The summed E-state index contributed by atoms with van der Waals surface area (Å²) >= 11 is 0. The van der Waals surface area contributed by atoms with Crippen LogP contribution in [0.15, 0.2) is 24.5 Å². The smallest absolute Gasteiger partial charge is 0.138 e. The summed E-state index contributed by atoms with van der Waals surface area (Å²) in [6.45, 7) is 9.21. The second-order valence-corrected chi connectivity index (χ2v) is 5.31. The van der Waals surface area contributed by atoms with Crippen molar-refractivity contribution in [3.05, 3.63) is 30.1 Å². The molecule has 1 aliphatic heterocycles. The van der Waals surface area contributed by atoms with Gasteiger partial charge < -0.3 is 9.64 Å². The Bertz CT molecular complexity index is 440. The monoisotopic (exact) mass is 246 g/mol. The molecule has 3 heteroatoms. The Labute approximate surface area is 109 Å². The Hall–Kier alpha value is -1.51. The Kier molecular flexibility index (Phi) is 3.90. The summed E-state index contributed by atoms with van der Waals surface area (Å²) in [7, 11) is 2.02. The Morgan fingerprint density at radius 1 is 1.44 bits per heavy atom. The normalized spacial score (nSPS) is 14.9. The highest BCUT2D eigenvalue weighted by molar-refractivity contribution is 5.55. The van der Waals surface area contributed by atoms with E-state index in [-0.39, 0.29) is 0 Å². The van der Waals surface area contributed by atoms with E-state index in [4.69, 9.17) is 4.74 Å². The van der Waals surface area contributed by atoms with Crippen molar-refractivity contribution in [3.63, 3.8) is 0 Å². The van der Waals surface area contributed by atoms with Crippen LogP contribution in [0.4, 0.5) is 5.82 Å². The van der Waals surface area contributed by atoms with E-state index in [2.05, 4.69) is 36.4 Å². The molecule has 0 radical (unpaired) electrons. The number of ether oxygens (including phenoxy) is 1. The Morgan fingerprint density at radius 2 is 2.22 bits per heavy atom. The quantitative estimate of drug-likeness (QED) is 0.814. The highest BCUT2D eigenvalue weighted by atomic mass is 16.5. The molecule has 0 amide bonds. The summed E-state index contributed by atoms with van der Waals surface area (Å²) < 4.78 is 5.74. The number of fused-ring (bicyclic) bond motifs is 1. The molecule has 2 rings (SSSR count). The Morgan fingerprint density at radius 3 is 2.94 bits per heavy atom. The van der Waals surface area contributed by atoms with Gasteiger partial charge in [0.2, 0.25) is 0 Å². The minimum Gasteiger partial charge on any atom is -0.492 e. The van der Waals surface area contributed by atoms with Crippen molar-refractivity contribution in [3.8, 4) is 5.75 Å². The topological polar surface area (TPSA) is 25.4 Å². The molecule has 3 nitrogen and oxygen atoms in total. The fraction of sp³-hybridized carbons (Fsp3) is 0.533. The van der Waals surface area contributed by atoms with Crippen LogP contribution in [0.5, 0.6) is 5.75 Å². The maximum atomic E-state index is 5.74. The van der Waals surface area contributed by atoms with Gasteiger partial charge in [0.1, 0.15) is 11.6 Å². The zero-order valence-corrected chi connectivity index (χ0v) is 11.6. The molecular weight excluding hydrogens is 224 g/mol. The van der Waals surface area contributed by atoms with Crippen LogP contribution in [-0.2, 0) is 6.42 Å². The van der Waals surface area contributed by atoms with Gasteiger partial charge in [-0.05, 0) is 36.8 Å². The van der Waals surface area contributed by atoms with Crippen molar-refractivity contribution in [2.75, 3.05) is 18.6 Å². The Balaban J connectivity index is 2.06. The van der Waals surface area contributed by atoms with Gasteiger partial charge >= 0.3 is 0 Å². The van der Waals surface area contributed by atoms with Gasteiger partial charge in [0.25, 0.3) is 0 Å². The maximum absolute atomic E-state index is 5.74. The minimum absolute atomic E-state index is 0.671. The number of hydrogen-bond acceptors (Lipinski definition) is 3. The molecule has 0 aromatic carbocycles. The molecule has 0 fully saturated rings. The molecule has 0 spiro atoms. The zero-order chi connectivity index (χ0) is 13.1. The van der Waals surface area contributed by atoms with Gasteiger partial charge in [0.05, 0.1) is 12.8 Å². The van der Waals surface area contributed by atoms with E-state index in [1.807, 2.05) is 13.2 Å². The number of anilines is 1. The van der Waals surface area contributed by atoms with E-state index >= 15 is 0 Å². The van der Waals surface area contributed by atoms with Crippen molar-refractivity contribution in [1.82, 2.24) is 4.98 Å². The van der Waals surface area contributed by atoms with Crippen LogP contribution in [0.3, 0.4) is 0 Å². The standard InChI is InChI=1S/C15H22N2O/c1-11(2)7-8-18-14-9-13-6-5-12(3)17(4)15(13)16-10-14/h9-11H,3,5-8H2,1-2,4H3. The predicted octanol–water partition coefficient (Wildman–Crippen LogP) is 3.40. The largest absolute Gasteiger partial charge is 0.492 e. The van der Waals surface area contributed by atoms with Crippen molar-refractivity contribution in [2.45, 2.75) is 33.1 Å². The van der Waals surface area contributed by atoms with Crippen LogP contribution in [0, 0.1) is 5.92 Å². The minimum atomic E-state index is 0.671. The summed E-state index contributed by atoms with van der Waals surface area (Å²) in [4.78, 5) is 6.55. The van der Waals surface area contributed by atoms with Crippen LogP contribution >= 0.6 is 0 Å². The number of nitrogens with zero attached hydrogens (tertiary/aromatic N) is 2. The molecule has 1 aromatic rings. The third kappa shape index (κ3) is 2.84. The molecule has 98 valence electrons. The lowest BCUT2D eigenvalue weighted by Gasteiger charge is -2.28. The van der Waals surface area contributed by atoms with Crippen molar-refractivity contribution in [2.24, 2.45) is 5.92 Å².